The van der Waals surface area contributed by atoms with Gasteiger partial charge in [0.05, 0.1) is 6.10 Å². The highest BCUT2D eigenvalue weighted by Crippen LogP contribution is 2.17. The molecule has 1 aliphatic rings. The molecule has 1 saturated heterocycles. The van der Waals surface area contributed by atoms with Crippen LogP contribution in [-0.2, 0) is 0 Å². The number of β-amino-alcohol motifs (C(OH)–C–C–N with tert-alkyl or cyclic N) is 1. The van der Waals surface area contributed by atoms with E-state index in [1.165, 1.54) is 0 Å². The monoisotopic (exact) mass is 161 g/mol. The number of piperidine rings is 1. The highest BCUT2D eigenvalue weighted by atomic mass is 32.1. The van der Waals surface area contributed by atoms with Gasteiger partial charge in [-0.05, 0) is 18.9 Å². The Bertz CT molecular complexity index is 108. The van der Waals surface area contributed by atoms with E-state index >= 15 is 0 Å². The SMILES string of the molecule is CC(S)[C@H]1CNC[C@@H](O)C1. The molecule has 3 heteroatoms. The molecule has 0 amide bonds. The lowest BCUT2D eigenvalue weighted by Crippen LogP contribution is -2.41. The van der Waals surface area contributed by atoms with Gasteiger partial charge in [0.15, 0.2) is 0 Å². The Balaban J connectivity index is 2.32. The van der Waals surface area contributed by atoms with E-state index in [4.69, 9.17) is 0 Å². The smallest absolute Gasteiger partial charge is 0.0668 e. The quantitative estimate of drug-likeness (QED) is 0.483. The normalized spacial score (nSPS) is 37.5. The lowest BCUT2D eigenvalue weighted by Gasteiger charge is -2.28. The number of aliphatic hydroxyl groups is 1. The lowest BCUT2D eigenvalue weighted by molar-refractivity contribution is 0.115. The second-order valence-electron chi connectivity index (χ2n) is 3.05. The van der Waals surface area contributed by atoms with Gasteiger partial charge in [-0.15, -0.1) is 0 Å². The van der Waals surface area contributed by atoms with Gasteiger partial charge in [0.2, 0.25) is 0 Å². The van der Waals surface area contributed by atoms with Gasteiger partial charge < -0.3 is 10.4 Å². The van der Waals surface area contributed by atoms with Crippen LogP contribution in [0.1, 0.15) is 13.3 Å². The number of hydrogen-bond acceptors (Lipinski definition) is 3. The fourth-order valence-electron chi connectivity index (χ4n) is 1.32. The topological polar surface area (TPSA) is 32.3 Å². The molecule has 0 bridgehead atoms. The molecule has 0 saturated carbocycles. The van der Waals surface area contributed by atoms with E-state index in [1.807, 2.05) is 0 Å². The molecular formula is C7H15NOS. The fourth-order valence-corrected chi connectivity index (χ4v) is 1.55. The van der Waals surface area contributed by atoms with Gasteiger partial charge in [-0.25, -0.2) is 0 Å². The maximum absolute atomic E-state index is 9.23. The summed E-state index contributed by atoms with van der Waals surface area (Å²) in [4.78, 5) is 0. The van der Waals surface area contributed by atoms with Crippen molar-refractivity contribution in [2.24, 2.45) is 5.92 Å². The number of thiol groups is 1. The molecule has 1 aliphatic heterocycles. The molecule has 0 spiro atoms. The lowest BCUT2D eigenvalue weighted by atomic mass is 9.95. The van der Waals surface area contributed by atoms with E-state index in [9.17, 15) is 5.11 Å². The second kappa shape index (κ2) is 3.60. The zero-order valence-electron chi connectivity index (χ0n) is 6.25. The number of rotatable bonds is 1. The molecule has 0 radical (unpaired) electrons. The van der Waals surface area contributed by atoms with E-state index in [-0.39, 0.29) is 6.10 Å². The molecule has 0 aliphatic carbocycles. The van der Waals surface area contributed by atoms with Gasteiger partial charge in [0.25, 0.3) is 0 Å². The van der Waals surface area contributed by atoms with Crippen LogP contribution in [0.4, 0.5) is 0 Å². The van der Waals surface area contributed by atoms with Gasteiger partial charge in [0.1, 0.15) is 0 Å². The zero-order chi connectivity index (χ0) is 7.56. The first-order valence-corrected chi connectivity index (χ1v) is 4.28. The summed E-state index contributed by atoms with van der Waals surface area (Å²) < 4.78 is 0. The summed E-state index contributed by atoms with van der Waals surface area (Å²) in [6.45, 7) is 3.83. The average Bonchev–Trinajstić information content (AvgIpc) is 1.88. The molecule has 2 nitrogen and oxygen atoms in total. The van der Waals surface area contributed by atoms with Crippen molar-refractivity contribution < 1.29 is 5.11 Å². The summed E-state index contributed by atoms with van der Waals surface area (Å²) in [6, 6.07) is 0. The Morgan fingerprint density at radius 2 is 2.30 bits per heavy atom. The van der Waals surface area contributed by atoms with Crippen LogP contribution in [0.25, 0.3) is 0 Å². The average molecular weight is 161 g/mol. The van der Waals surface area contributed by atoms with Crippen molar-refractivity contribution in [3.8, 4) is 0 Å². The third kappa shape index (κ3) is 2.15. The number of nitrogens with one attached hydrogen (secondary N) is 1. The summed E-state index contributed by atoms with van der Waals surface area (Å²) >= 11 is 4.33. The van der Waals surface area contributed by atoms with Crippen LogP contribution < -0.4 is 5.32 Å². The molecule has 0 aromatic carbocycles. The van der Waals surface area contributed by atoms with E-state index < -0.39 is 0 Å². The molecule has 1 rings (SSSR count). The third-order valence-electron chi connectivity index (χ3n) is 2.04. The molecule has 2 N–H and O–H groups in total. The third-order valence-corrected chi connectivity index (χ3v) is 2.47. The van der Waals surface area contributed by atoms with Gasteiger partial charge in [-0.2, -0.15) is 12.6 Å². The number of hydrogen-bond donors (Lipinski definition) is 3. The van der Waals surface area contributed by atoms with Gasteiger partial charge in [-0.3, -0.25) is 0 Å². The Labute approximate surface area is 67.4 Å². The highest BCUT2D eigenvalue weighted by Gasteiger charge is 2.22. The van der Waals surface area contributed by atoms with E-state index in [2.05, 4.69) is 24.9 Å². The van der Waals surface area contributed by atoms with Crippen LogP contribution >= 0.6 is 12.6 Å². The molecule has 1 unspecified atom stereocenters. The fraction of sp³-hybridized carbons (Fsp3) is 1.00. The largest absolute Gasteiger partial charge is 0.392 e. The van der Waals surface area contributed by atoms with Crippen LogP contribution in [0.5, 0.6) is 0 Å². The first-order chi connectivity index (χ1) is 4.70. The summed E-state index contributed by atoms with van der Waals surface area (Å²) in [5.41, 5.74) is 0. The Morgan fingerprint density at radius 1 is 1.60 bits per heavy atom. The van der Waals surface area contributed by atoms with Crippen LogP contribution in [-0.4, -0.2) is 29.5 Å². The molecule has 3 atom stereocenters. The van der Waals surface area contributed by atoms with Crippen molar-refractivity contribution in [2.45, 2.75) is 24.7 Å². The minimum Gasteiger partial charge on any atom is -0.392 e. The van der Waals surface area contributed by atoms with Crippen molar-refractivity contribution in [1.29, 1.82) is 0 Å². The molecule has 60 valence electrons. The molecule has 1 fully saturated rings. The van der Waals surface area contributed by atoms with Gasteiger partial charge in [0, 0.05) is 11.8 Å². The van der Waals surface area contributed by atoms with Crippen molar-refractivity contribution >= 4 is 12.6 Å². The summed E-state index contributed by atoms with van der Waals surface area (Å²) in [5, 5.41) is 12.8. The van der Waals surface area contributed by atoms with Crippen molar-refractivity contribution in [2.75, 3.05) is 13.1 Å². The Hall–Kier alpha value is 0.270. The summed E-state index contributed by atoms with van der Waals surface area (Å²) in [6.07, 6.45) is 0.742. The van der Waals surface area contributed by atoms with Gasteiger partial charge >= 0.3 is 0 Å². The summed E-state index contributed by atoms with van der Waals surface area (Å²) in [5.74, 6) is 0.534. The minimum atomic E-state index is -0.159. The minimum absolute atomic E-state index is 0.159. The predicted octanol–water partition coefficient (Wildman–Crippen LogP) is 0.275. The van der Waals surface area contributed by atoms with Crippen LogP contribution in [0, 0.1) is 5.92 Å². The van der Waals surface area contributed by atoms with E-state index in [1.54, 1.807) is 0 Å². The van der Waals surface area contributed by atoms with Crippen molar-refractivity contribution in [3.63, 3.8) is 0 Å². The predicted molar refractivity (Wildman–Crippen MR) is 45.4 cm³/mol. The summed E-state index contributed by atoms with van der Waals surface area (Å²) in [7, 11) is 0. The maximum Gasteiger partial charge on any atom is 0.0668 e. The second-order valence-corrected chi connectivity index (χ2v) is 3.86. The maximum atomic E-state index is 9.23. The zero-order valence-corrected chi connectivity index (χ0v) is 7.14. The van der Waals surface area contributed by atoms with Crippen LogP contribution in [0.3, 0.4) is 0 Å². The number of aliphatic hydroxyl groups excluding tert-OH is 1. The first-order valence-electron chi connectivity index (χ1n) is 3.77. The van der Waals surface area contributed by atoms with Gasteiger partial charge in [-0.1, -0.05) is 6.92 Å². The van der Waals surface area contributed by atoms with E-state index in [0.29, 0.717) is 11.2 Å². The van der Waals surface area contributed by atoms with Crippen molar-refractivity contribution in [3.05, 3.63) is 0 Å². The molecule has 10 heavy (non-hydrogen) atoms. The highest BCUT2D eigenvalue weighted by molar-refractivity contribution is 7.80. The van der Waals surface area contributed by atoms with E-state index in [0.717, 1.165) is 19.5 Å². The van der Waals surface area contributed by atoms with Crippen molar-refractivity contribution in [1.82, 2.24) is 5.32 Å². The van der Waals surface area contributed by atoms with Crippen LogP contribution in [0.15, 0.2) is 0 Å². The first kappa shape index (κ1) is 8.37. The molecule has 0 aromatic rings. The Kier molecular flexibility index (Phi) is 3.01. The standard InChI is InChI=1S/C7H15NOS/c1-5(10)6-2-7(9)4-8-3-6/h5-10H,2-4H2,1H3/t5?,6-,7+/m1/s1. The molecule has 0 aromatic heterocycles. The molecule has 1 heterocycles. The van der Waals surface area contributed by atoms with Crippen LogP contribution in [0.2, 0.25) is 0 Å². The molecular weight excluding hydrogens is 146 g/mol. The Morgan fingerprint density at radius 3 is 2.70 bits per heavy atom.